The Morgan fingerprint density at radius 1 is 1.33 bits per heavy atom. The molecule has 1 aliphatic rings. The third-order valence-electron chi connectivity index (χ3n) is 5.22. The largest absolute Gasteiger partial charge is 0.378 e. The molecule has 6 heteroatoms. The van der Waals surface area contributed by atoms with Crippen molar-refractivity contribution in [2.75, 3.05) is 13.7 Å². The lowest BCUT2D eigenvalue weighted by molar-refractivity contribution is 0.0209. The molecule has 1 saturated carbocycles. The predicted molar refractivity (Wildman–Crippen MR) is 105 cm³/mol. The molecule has 1 fully saturated rings. The molecule has 1 amide bonds. The fourth-order valence-electron chi connectivity index (χ4n) is 3.75. The van der Waals surface area contributed by atoms with Crippen LogP contribution in [0.2, 0.25) is 0 Å². The molecule has 0 unspecified atom stereocenters. The van der Waals surface area contributed by atoms with Crippen LogP contribution in [-0.4, -0.2) is 41.2 Å². The number of aryl methyl sites for hydroxylation is 1. The summed E-state index contributed by atoms with van der Waals surface area (Å²) in [5, 5.41) is 3.19. The number of methoxy groups -OCH3 is 1. The fourth-order valence-corrected chi connectivity index (χ4v) is 3.75. The highest BCUT2D eigenvalue weighted by Crippen LogP contribution is 2.22. The third-order valence-corrected chi connectivity index (χ3v) is 5.22. The van der Waals surface area contributed by atoms with Crippen LogP contribution in [0.15, 0.2) is 18.3 Å². The number of nitrogens with one attached hydrogen (secondary N) is 1. The first-order chi connectivity index (χ1) is 13.1. The van der Waals surface area contributed by atoms with Gasteiger partial charge in [0, 0.05) is 31.6 Å². The van der Waals surface area contributed by atoms with Crippen LogP contribution >= 0.6 is 0 Å². The van der Waals surface area contributed by atoms with E-state index in [-0.39, 0.29) is 11.9 Å². The Hall–Kier alpha value is -1.92. The van der Waals surface area contributed by atoms with Gasteiger partial charge in [-0.3, -0.25) is 4.79 Å². The molecule has 27 heavy (non-hydrogen) atoms. The molecule has 0 bridgehead atoms. The maximum absolute atomic E-state index is 12.8. The van der Waals surface area contributed by atoms with E-state index in [9.17, 15) is 4.79 Å². The maximum atomic E-state index is 12.8. The lowest BCUT2D eigenvalue weighted by Crippen LogP contribution is -2.39. The first-order valence-electron chi connectivity index (χ1n) is 10.0. The van der Waals surface area contributed by atoms with Crippen LogP contribution in [0.3, 0.4) is 0 Å². The quantitative estimate of drug-likeness (QED) is 0.718. The van der Waals surface area contributed by atoms with E-state index in [1.54, 1.807) is 7.11 Å². The standard InChI is InChI=1S/C21H31N3O3/c1-4-5-12-27-18-8-6-16(7-9-18)23-21(25)19-10-11-24-17(14-26-3)13-15(2)22-20(19)24/h10-11,13,16,18H,4-9,12,14H2,1-3H3,(H,23,25)/t16-,18-. The number of ether oxygens (including phenoxy) is 2. The van der Waals surface area contributed by atoms with E-state index in [4.69, 9.17) is 9.47 Å². The number of unbranched alkanes of at least 4 members (excludes halogenated alkanes) is 1. The summed E-state index contributed by atoms with van der Waals surface area (Å²) in [6, 6.07) is 4.04. The first kappa shape index (κ1) is 19.8. The number of carbonyl (C=O) groups is 1. The van der Waals surface area contributed by atoms with Crippen LogP contribution in [-0.2, 0) is 16.1 Å². The van der Waals surface area contributed by atoms with Gasteiger partial charge in [-0.05, 0) is 51.2 Å². The molecule has 0 aromatic carbocycles. The van der Waals surface area contributed by atoms with Crippen molar-refractivity contribution in [2.24, 2.45) is 0 Å². The lowest BCUT2D eigenvalue weighted by Gasteiger charge is -2.29. The molecule has 148 valence electrons. The second-order valence-corrected chi connectivity index (χ2v) is 7.42. The van der Waals surface area contributed by atoms with Gasteiger partial charge in [0.2, 0.25) is 0 Å². The van der Waals surface area contributed by atoms with Gasteiger partial charge < -0.3 is 19.2 Å². The molecule has 0 radical (unpaired) electrons. The zero-order chi connectivity index (χ0) is 19.2. The first-order valence-corrected chi connectivity index (χ1v) is 10.0. The minimum atomic E-state index is -0.0469. The maximum Gasteiger partial charge on any atom is 0.255 e. The number of carbonyl (C=O) groups excluding carboxylic acids is 1. The zero-order valence-electron chi connectivity index (χ0n) is 16.7. The van der Waals surface area contributed by atoms with Gasteiger partial charge in [0.25, 0.3) is 5.91 Å². The predicted octanol–water partition coefficient (Wildman–Crippen LogP) is 3.65. The van der Waals surface area contributed by atoms with Gasteiger partial charge in [0.1, 0.15) is 5.65 Å². The Kier molecular flexibility index (Phi) is 6.85. The summed E-state index contributed by atoms with van der Waals surface area (Å²) in [5.41, 5.74) is 3.18. The monoisotopic (exact) mass is 373 g/mol. The number of fused-ring (bicyclic) bond motifs is 1. The van der Waals surface area contributed by atoms with Gasteiger partial charge in [-0.25, -0.2) is 4.98 Å². The van der Waals surface area contributed by atoms with E-state index in [0.29, 0.717) is 23.9 Å². The Labute approximate surface area is 161 Å². The van der Waals surface area contributed by atoms with E-state index in [1.807, 2.05) is 29.7 Å². The third kappa shape index (κ3) is 4.87. The summed E-state index contributed by atoms with van der Waals surface area (Å²) in [5.74, 6) is -0.0469. The summed E-state index contributed by atoms with van der Waals surface area (Å²) < 4.78 is 13.1. The molecule has 1 aliphatic carbocycles. The van der Waals surface area contributed by atoms with Gasteiger partial charge in [-0.15, -0.1) is 0 Å². The molecule has 0 aliphatic heterocycles. The number of aromatic nitrogens is 2. The van der Waals surface area contributed by atoms with Crippen molar-refractivity contribution >= 4 is 11.6 Å². The van der Waals surface area contributed by atoms with Crippen molar-refractivity contribution in [1.82, 2.24) is 14.7 Å². The molecule has 2 aromatic heterocycles. The van der Waals surface area contributed by atoms with Crippen molar-refractivity contribution in [1.29, 1.82) is 0 Å². The van der Waals surface area contributed by atoms with Crippen LogP contribution in [0.1, 0.15) is 67.2 Å². The molecule has 2 aromatic rings. The Balaban J connectivity index is 1.62. The van der Waals surface area contributed by atoms with Crippen LogP contribution in [0.5, 0.6) is 0 Å². The second kappa shape index (κ2) is 9.33. The molecular formula is C21H31N3O3. The topological polar surface area (TPSA) is 64.9 Å². The molecule has 0 spiro atoms. The summed E-state index contributed by atoms with van der Waals surface area (Å²) in [6.45, 7) is 5.45. The van der Waals surface area contributed by atoms with Crippen molar-refractivity contribution in [3.05, 3.63) is 35.3 Å². The van der Waals surface area contributed by atoms with Crippen molar-refractivity contribution < 1.29 is 14.3 Å². The van der Waals surface area contributed by atoms with Crippen molar-refractivity contribution in [2.45, 2.75) is 71.1 Å². The second-order valence-electron chi connectivity index (χ2n) is 7.42. The minimum absolute atomic E-state index is 0.0469. The molecule has 3 rings (SSSR count). The highest BCUT2D eigenvalue weighted by atomic mass is 16.5. The Morgan fingerprint density at radius 3 is 2.81 bits per heavy atom. The zero-order valence-corrected chi connectivity index (χ0v) is 16.7. The SMILES string of the molecule is CCCCO[C@H]1CC[C@H](NC(=O)c2ccn3c(COC)cc(C)nc23)CC1. The van der Waals surface area contributed by atoms with E-state index in [0.717, 1.165) is 56.5 Å². The summed E-state index contributed by atoms with van der Waals surface area (Å²) in [7, 11) is 1.67. The summed E-state index contributed by atoms with van der Waals surface area (Å²) >= 11 is 0. The van der Waals surface area contributed by atoms with Gasteiger partial charge in [-0.1, -0.05) is 13.3 Å². The van der Waals surface area contributed by atoms with Crippen molar-refractivity contribution in [3.63, 3.8) is 0 Å². The van der Waals surface area contributed by atoms with E-state index in [1.165, 1.54) is 0 Å². The Bertz CT molecular complexity index is 763. The molecule has 0 atom stereocenters. The average Bonchev–Trinajstić information content (AvgIpc) is 3.07. The van der Waals surface area contributed by atoms with Crippen molar-refractivity contribution in [3.8, 4) is 0 Å². The lowest BCUT2D eigenvalue weighted by atomic mass is 9.92. The smallest absolute Gasteiger partial charge is 0.255 e. The number of amides is 1. The number of nitrogens with zero attached hydrogens (tertiary/aromatic N) is 2. The van der Waals surface area contributed by atoms with Gasteiger partial charge in [0.05, 0.1) is 24.0 Å². The molecule has 6 nitrogen and oxygen atoms in total. The van der Waals surface area contributed by atoms with Crippen LogP contribution in [0.25, 0.3) is 5.65 Å². The normalized spacial score (nSPS) is 20.1. The highest BCUT2D eigenvalue weighted by molar-refractivity contribution is 6.00. The van der Waals surface area contributed by atoms with Gasteiger partial charge >= 0.3 is 0 Å². The number of rotatable bonds is 8. The van der Waals surface area contributed by atoms with Gasteiger partial charge in [0.15, 0.2) is 0 Å². The summed E-state index contributed by atoms with van der Waals surface area (Å²) in [6.07, 6.45) is 8.49. The number of hydrogen-bond donors (Lipinski definition) is 1. The van der Waals surface area contributed by atoms with Crippen LogP contribution in [0.4, 0.5) is 0 Å². The van der Waals surface area contributed by atoms with E-state index < -0.39 is 0 Å². The fraction of sp³-hybridized carbons (Fsp3) is 0.619. The molecule has 2 heterocycles. The minimum Gasteiger partial charge on any atom is -0.378 e. The van der Waals surface area contributed by atoms with Gasteiger partial charge in [-0.2, -0.15) is 0 Å². The average molecular weight is 373 g/mol. The Morgan fingerprint density at radius 2 is 2.11 bits per heavy atom. The van der Waals surface area contributed by atoms with E-state index >= 15 is 0 Å². The molecular weight excluding hydrogens is 342 g/mol. The number of hydrogen-bond acceptors (Lipinski definition) is 4. The summed E-state index contributed by atoms with van der Waals surface area (Å²) in [4.78, 5) is 17.4. The van der Waals surface area contributed by atoms with Crippen LogP contribution in [0, 0.1) is 6.92 Å². The van der Waals surface area contributed by atoms with Crippen LogP contribution < -0.4 is 5.32 Å². The molecule has 0 saturated heterocycles. The highest BCUT2D eigenvalue weighted by Gasteiger charge is 2.24. The van der Waals surface area contributed by atoms with E-state index in [2.05, 4.69) is 17.2 Å². The molecule has 1 N–H and O–H groups in total.